The summed E-state index contributed by atoms with van der Waals surface area (Å²) in [5.74, 6) is 1.18. The number of aromatic nitrogens is 1. The van der Waals surface area contributed by atoms with Crippen molar-refractivity contribution in [3.8, 4) is 0 Å². The first-order valence-corrected chi connectivity index (χ1v) is 9.59. The van der Waals surface area contributed by atoms with Gasteiger partial charge in [0.1, 0.15) is 0 Å². The summed E-state index contributed by atoms with van der Waals surface area (Å²) in [6, 6.07) is 9.72. The van der Waals surface area contributed by atoms with Gasteiger partial charge in [0.25, 0.3) is 5.91 Å². The molecule has 0 bridgehead atoms. The monoisotopic (exact) mass is 346 g/mol. The first-order valence-electron chi connectivity index (χ1n) is 7.72. The van der Waals surface area contributed by atoms with Crippen molar-refractivity contribution < 1.29 is 9.53 Å². The van der Waals surface area contributed by atoms with Gasteiger partial charge in [-0.1, -0.05) is 12.1 Å². The molecule has 0 N–H and O–H groups in total. The van der Waals surface area contributed by atoms with Crippen molar-refractivity contribution in [1.82, 2.24) is 9.88 Å². The third-order valence-corrected chi connectivity index (χ3v) is 6.78. The summed E-state index contributed by atoms with van der Waals surface area (Å²) in [4.78, 5) is 19.4. The number of likely N-dealkylation sites (tertiary alicyclic amines) is 1. The molecule has 2 aliphatic rings. The number of thioether (sulfide) groups is 1. The number of nitrogens with zero attached hydrogens (tertiary/aromatic N) is 2. The molecule has 0 saturated carbocycles. The molecule has 4 nitrogen and oxygen atoms in total. The van der Waals surface area contributed by atoms with Crippen LogP contribution >= 0.6 is 23.1 Å². The van der Waals surface area contributed by atoms with Crippen molar-refractivity contribution in [2.75, 3.05) is 18.8 Å². The fourth-order valence-electron chi connectivity index (χ4n) is 3.17. The maximum absolute atomic E-state index is 12.3. The van der Waals surface area contributed by atoms with Gasteiger partial charge in [0.2, 0.25) is 0 Å². The van der Waals surface area contributed by atoms with E-state index in [1.165, 1.54) is 11.3 Å². The van der Waals surface area contributed by atoms with E-state index in [0.717, 1.165) is 35.8 Å². The van der Waals surface area contributed by atoms with E-state index < -0.39 is 0 Å². The Balaban J connectivity index is 1.27. The van der Waals surface area contributed by atoms with Gasteiger partial charge in [-0.05, 0) is 30.0 Å². The van der Waals surface area contributed by atoms with Crippen molar-refractivity contribution in [2.24, 2.45) is 0 Å². The Bertz CT molecular complexity index is 669. The van der Waals surface area contributed by atoms with Crippen LogP contribution < -0.4 is 0 Å². The zero-order valence-electron chi connectivity index (χ0n) is 12.7. The highest BCUT2D eigenvalue weighted by Gasteiger charge is 2.51. The molecule has 2 aromatic rings. The van der Waals surface area contributed by atoms with Crippen molar-refractivity contribution in [3.05, 3.63) is 52.5 Å². The molecule has 6 heteroatoms. The lowest BCUT2D eigenvalue weighted by Gasteiger charge is -2.47. The van der Waals surface area contributed by atoms with Crippen LogP contribution in [0.5, 0.6) is 0 Å². The molecule has 120 valence electrons. The molecule has 1 amide bonds. The molecule has 1 spiro atoms. The standard InChI is InChI=1S/C17H18N2O2S2/c20-16(15-5-3-7-22-15)19-11-17(12-19)8-14(10-23-17)21-9-13-4-1-2-6-18-13/h1-7,14H,8-12H2. The maximum atomic E-state index is 12.3. The topological polar surface area (TPSA) is 42.4 Å². The molecule has 1 atom stereocenters. The molecule has 0 radical (unpaired) electrons. The molecule has 2 aromatic heterocycles. The summed E-state index contributed by atoms with van der Waals surface area (Å²) >= 11 is 3.47. The third-order valence-electron chi connectivity index (χ3n) is 4.35. The molecular formula is C17H18N2O2S2. The second kappa shape index (κ2) is 6.26. The highest BCUT2D eigenvalue weighted by molar-refractivity contribution is 8.01. The second-order valence-corrected chi connectivity index (χ2v) is 8.53. The molecular weight excluding hydrogens is 328 g/mol. The highest BCUT2D eigenvalue weighted by Crippen LogP contribution is 2.46. The van der Waals surface area contributed by atoms with Crippen LogP contribution in [0.2, 0.25) is 0 Å². The first kappa shape index (κ1) is 15.2. The predicted molar refractivity (Wildman–Crippen MR) is 92.8 cm³/mol. The minimum atomic E-state index is 0.170. The van der Waals surface area contributed by atoms with Crippen LogP contribution in [0.3, 0.4) is 0 Å². The number of pyridine rings is 1. The van der Waals surface area contributed by atoms with E-state index in [-0.39, 0.29) is 16.8 Å². The Morgan fingerprint density at radius 3 is 3.00 bits per heavy atom. The third kappa shape index (κ3) is 3.16. The zero-order chi connectivity index (χ0) is 15.7. The highest BCUT2D eigenvalue weighted by atomic mass is 32.2. The lowest BCUT2D eigenvalue weighted by atomic mass is 9.92. The van der Waals surface area contributed by atoms with E-state index in [9.17, 15) is 4.79 Å². The van der Waals surface area contributed by atoms with Crippen molar-refractivity contribution >= 4 is 29.0 Å². The second-order valence-electron chi connectivity index (χ2n) is 6.09. The number of carbonyl (C=O) groups is 1. The Labute approximate surface area is 143 Å². The molecule has 23 heavy (non-hydrogen) atoms. The fourth-order valence-corrected chi connectivity index (χ4v) is 5.41. The number of rotatable bonds is 4. The maximum Gasteiger partial charge on any atom is 0.264 e. The van der Waals surface area contributed by atoms with Gasteiger partial charge in [-0.15, -0.1) is 23.1 Å². The molecule has 4 heterocycles. The minimum absolute atomic E-state index is 0.170. The van der Waals surface area contributed by atoms with Gasteiger partial charge in [0.05, 0.1) is 28.0 Å². The van der Waals surface area contributed by atoms with Crippen LogP contribution in [0.1, 0.15) is 21.8 Å². The Morgan fingerprint density at radius 1 is 1.35 bits per heavy atom. The summed E-state index contributed by atoms with van der Waals surface area (Å²) in [6.45, 7) is 2.26. The van der Waals surface area contributed by atoms with E-state index in [4.69, 9.17) is 4.74 Å². The number of ether oxygens (including phenoxy) is 1. The van der Waals surface area contributed by atoms with Crippen LogP contribution in [-0.2, 0) is 11.3 Å². The van der Waals surface area contributed by atoms with Gasteiger partial charge >= 0.3 is 0 Å². The van der Waals surface area contributed by atoms with E-state index >= 15 is 0 Å². The predicted octanol–water partition coefficient (Wildman–Crippen LogP) is 3.06. The molecule has 1 unspecified atom stereocenters. The van der Waals surface area contributed by atoms with Gasteiger partial charge < -0.3 is 9.64 Å². The quantitative estimate of drug-likeness (QED) is 0.853. The first-order chi connectivity index (χ1) is 11.2. The number of hydrogen-bond donors (Lipinski definition) is 0. The number of thiophene rings is 1. The Kier molecular flexibility index (Phi) is 4.13. The van der Waals surface area contributed by atoms with Crippen LogP contribution in [0, 0.1) is 0 Å². The van der Waals surface area contributed by atoms with Gasteiger partial charge in [0.15, 0.2) is 0 Å². The summed E-state index contributed by atoms with van der Waals surface area (Å²) in [5, 5.41) is 1.95. The summed E-state index contributed by atoms with van der Waals surface area (Å²) < 4.78 is 6.21. The molecule has 2 aliphatic heterocycles. The lowest BCUT2D eigenvalue weighted by molar-refractivity contribution is 0.0247. The average Bonchev–Trinajstić information content (AvgIpc) is 3.22. The number of hydrogen-bond acceptors (Lipinski definition) is 5. The Hall–Kier alpha value is -1.37. The van der Waals surface area contributed by atoms with Crippen molar-refractivity contribution in [1.29, 1.82) is 0 Å². The summed E-state index contributed by atoms with van der Waals surface area (Å²) in [5.41, 5.74) is 0.974. The van der Waals surface area contributed by atoms with Crippen LogP contribution in [-0.4, -0.2) is 45.5 Å². The molecule has 2 fully saturated rings. The van der Waals surface area contributed by atoms with Gasteiger partial charge in [0, 0.05) is 25.0 Å². The van der Waals surface area contributed by atoms with Crippen molar-refractivity contribution in [3.63, 3.8) is 0 Å². The molecule has 4 rings (SSSR count). The number of carbonyl (C=O) groups excluding carboxylic acids is 1. The molecule has 0 aliphatic carbocycles. The normalized spacial score (nSPS) is 22.3. The van der Waals surface area contributed by atoms with E-state index in [2.05, 4.69) is 4.98 Å². The molecule has 0 aromatic carbocycles. The minimum Gasteiger partial charge on any atom is -0.371 e. The van der Waals surface area contributed by atoms with Crippen LogP contribution in [0.25, 0.3) is 0 Å². The van der Waals surface area contributed by atoms with Gasteiger partial charge in [-0.25, -0.2) is 0 Å². The van der Waals surface area contributed by atoms with E-state index in [0.29, 0.717) is 6.61 Å². The smallest absolute Gasteiger partial charge is 0.264 e. The average molecular weight is 346 g/mol. The molecule has 2 saturated heterocycles. The number of amides is 1. The van der Waals surface area contributed by atoms with Crippen LogP contribution in [0.4, 0.5) is 0 Å². The largest absolute Gasteiger partial charge is 0.371 e. The van der Waals surface area contributed by atoms with Gasteiger partial charge in [-0.2, -0.15) is 0 Å². The van der Waals surface area contributed by atoms with Gasteiger partial charge in [-0.3, -0.25) is 9.78 Å². The van der Waals surface area contributed by atoms with E-state index in [1.807, 2.05) is 52.4 Å². The van der Waals surface area contributed by atoms with Crippen LogP contribution in [0.15, 0.2) is 41.9 Å². The van der Waals surface area contributed by atoms with Crippen molar-refractivity contribution in [2.45, 2.75) is 23.9 Å². The zero-order valence-corrected chi connectivity index (χ0v) is 14.3. The summed E-state index contributed by atoms with van der Waals surface area (Å²) in [6.07, 6.45) is 3.09. The van der Waals surface area contributed by atoms with E-state index in [1.54, 1.807) is 6.20 Å². The summed E-state index contributed by atoms with van der Waals surface area (Å²) in [7, 11) is 0. The SMILES string of the molecule is O=C(c1cccs1)N1CC2(CC(OCc3ccccn3)CS2)C1. The fraction of sp³-hybridized carbons (Fsp3) is 0.412. The lowest BCUT2D eigenvalue weighted by Crippen LogP contribution is -2.60. The Morgan fingerprint density at radius 2 is 2.26 bits per heavy atom.